The van der Waals surface area contributed by atoms with E-state index in [-0.39, 0.29) is 11.9 Å². The molecule has 1 unspecified atom stereocenters. The van der Waals surface area contributed by atoms with Gasteiger partial charge in [-0.1, -0.05) is 44.2 Å². The lowest BCUT2D eigenvalue weighted by molar-refractivity contribution is -0.146. The molecular weight excluding hydrogens is 314 g/mol. The van der Waals surface area contributed by atoms with Crippen LogP contribution < -0.4 is 5.32 Å². The molecule has 1 N–H and O–H groups in total. The Labute approximate surface area is 151 Å². The van der Waals surface area contributed by atoms with Crippen LogP contribution in [0.3, 0.4) is 0 Å². The number of carbonyl (C=O) groups excluding carboxylic acids is 1. The highest BCUT2D eigenvalue weighted by Gasteiger charge is 2.27. The number of aliphatic imine (C=N–C) groups is 1. The standard InChI is InChI=1S/C20H31N3O2/c1-15(2)18(16-8-6-5-7-9-16)14-22-20(21-3)23-12-10-17(11-13-23)19(24)25-4/h5-9,15,17-18H,10-14H2,1-4H3,(H,21,22). The zero-order valence-electron chi connectivity index (χ0n) is 15.9. The predicted octanol–water partition coefficient (Wildman–Crippen LogP) is 2.89. The normalized spacial score (nSPS) is 17.5. The third-order valence-corrected chi connectivity index (χ3v) is 5.05. The summed E-state index contributed by atoms with van der Waals surface area (Å²) in [6.45, 7) is 7.02. The van der Waals surface area contributed by atoms with Gasteiger partial charge < -0.3 is 15.0 Å². The second-order valence-corrected chi connectivity index (χ2v) is 6.97. The van der Waals surface area contributed by atoms with Crippen LogP contribution in [0, 0.1) is 11.8 Å². The minimum Gasteiger partial charge on any atom is -0.469 e. The topological polar surface area (TPSA) is 53.9 Å². The molecule has 0 radical (unpaired) electrons. The van der Waals surface area contributed by atoms with E-state index in [4.69, 9.17) is 4.74 Å². The first-order chi connectivity index (χ1) is 12.1. The largest absolute Gasteiger partial charge is 0.469 e. The van der Waals surface area contributed by atoms with Gasteiger partial charge in [-0.3, -0.25) is 9.79 Å². The van der Waals surface area contributed by atoms with Crippen molar-refractivity contribution in [3.05, 3.63) is 35.9 Å². The number of nitrogens with zero attached hydrogens (tertiary/aromatic N) is 2. The Balaban J connectivity index is 1.93. The minimum absolute atomic E-state index is 0.0205. The van der Waals surface area contributed by atoms with Gasteiger partial charge >= 0.3 is 5.97 Å². The van der Waals surface area contributed by atoms with Gasteiger partial charge in [0, 0.05) is 32.6 Å². The lowest BCUT2D eigenvalue weighted by Gasteiger charge is -2.34. The molecular formula is C20H31N3O2. The molecule has 138 valence electrons. The molecule has 0 saturated carbocycles. The van der Waals surface area contributed by atoms with Gasteiger partial charge in [-0.2, -0.15) is 0 Å². The highest BCUT2D eigenvalue weighted by atomic mass is 16.5. The van der Waals surface area contributed by atoms with E-state index in [1.165, 1.54) is 12.7 Å². The van der Waals surface area contributed by atoms with Crippen molar-refractivity contribution in [3.63, 3.8) is 0 Å². The highest BCUT2D eigenvalue weighted by molar-refractivity contribution is 5.80. The van der Waals surface area contributed by atoms with E-state index in [0.29, 0.717) is 11.8 Å². The summed E-state index contributed by atoms with van der Waals surface area (Å²) in [4.78, 5) is 18.4. The van der Waals surface area contributed by atoms with Crippen molar-refractivity contribution in [1.82, 2.24) is 10.2 Å². The number of benzene rings is 1. The van der Waals surface area contributed by atoms with Crippen LogP contribution in [0.2, 0.25) is 0 Å². The molecule has 5 nitrogen and oxygen atoms in total. The molecule has 0 aliphatic carbocycles. The molecule has 1 aliphatic rings. The smallest absolute Gasteiger partial charge is 0.308 e. The zero-order valence-corrected chi connectivity index (χ0v) is 15.9. The number of guanidine groups is 1. The molecule has 1 aromatic carbocycles. The maximum Gasteiger partial charge on any atom is 0.308 e. The second kappa shape index (κ2) is 9.44. The van der Waals surface area contributed by atoms with Crippen LogP contribution in [0.1, 0.15) is 38.2 Å². The van der Waals surface area contributed by atoms with Gasteiger partial charge in [-0.05, 0) is 24.3 Å². The summed E-state index contributed by atoms with van der Waals surface area (Å²) in [6, 6.07) is 10.6. The van der Waals surface area contributed by atoms with Gasteiger partial charge in [-0.25, -0.2) is 0 Å². The molecule has 1 aliphatic heterocycles. The van der Waals surface area contributed by atoms with Crippen molar-refractivity contribution in [2.24, 2.45) is 16.8 Å². The van der Waals surface area contributed by atoms with Crippen molar-refractivity contribution in [3.8, 4) is 0 Å². The number of rotatable bonds is 5. The average Bonchev–Trinajstić information content (AvgIpc) is 2.65. The number of hydrogen-bond acceptors (Lipinski definition) is 3. The molecule has 1 fully saturated rings. The molecule has 0 aromatic heterocycles. The zero-order chi connectivity index (χ0) is 18.2. The predicted molar refractivity (Wildman–Crippen MR) is 102 cm³/mol. The van der Waals surface area contributed by atoms with Gasteiger partial charge in [0.25, 0.3) is 0 Å². The fraction of sp³-hybridized carbons (Fsp3) is 0.600. The molecule has 25 heavy (non-hydrogen) atoms. The molecule has 1 heterocycles. The maximum atomic E-state index is 11.7. The van der Waals surface area contributed by atoms with E-state index in [1.54, 1.807) is 0 Å². The summed E-state index contributed by atoms with van der Waals surface area (Å²) in [5.74, 6) is 1.83. The number of carbonyl (C=O) groups is 1. The van der Waals surface area contributed by atoms with Crippen molar-refractivity contribution >= 4 is 11.9 Å². The molecule has 1 saturated heterocycles. The SMILES string of the molecule is CN=C(NCC(c1ccccc1)C(C)C)N1CCC(C(=O)OC)CC1. The first-order valence-electron chi connectivity index (χ1n) is 9.15. The first-order valence-corrected chi connectivity index (χ1v) is 9.15. The van der Waals surface area contributed by atoms with Crippen molar-refractivity contribution in [1.29, 1.82) is 0 Å². The Hall–Kier alpha value is -2.04. The lowest BCUT2D eigenvalue weighted by atomic mass is 9.88. The van der Waals surface area contributed by atoms with E-state index >= 15 is 0 Å². The van der Waals surface area contributed by atoms with Crippen LogP contribution >= 0.6 is 0 Å². The Morgan fingerprint density at radius 3 is 2.44 bits per heavy atom. The van der Waals surface area contributed by atoms with E-state index in [2.05, 4.69) is 59.4 Å². The van der Waals surface area contributed by atoms with Gasteiger partial charge in [0.1, 0.15) is 0 Å². The highest BCUT2D eigenvalue weighted by Crippen LogP contribution is 2.24. The van der Waals surface area contributed by atoms with Crippen LogP contribution in [0.25, 0.3) is 0 Å². The summed E-state index contributed by atoms with van der Waals surface area (Å²) in [7, 11) is 3.28. The van der Waals surface area contributed by atoms with Crippen LogP contribution in [-0.4, -0.2) is 50.6 Å². The maximum absolute atomic E-state index is 11.7. The van der Waals surface area contributed by atoms with Crippen molar-refractivity contribution < 1.29 is 9.53 Å². The van der Waals surface area contributed by atoms with Crippen molar-refractivity contribution in [2.75, 3.05) is 33.8 Å². The quantitative estimate of drug-likeness (QED) is 0.506. The number of methoxy groups -OCH3 is 1. The molecule has 2 rings (SSSR count). The Morgan fingerprint density at radius 2 is 1.92 bits per heavy atom. The fourth-order valence-electron chi connectivity index (χ4n) is 3.47. The summed E-state index contributed by atoms with van der Waals surface area (Å²) in [5, 5.41) is 3.54. The van der Waals surface area contributed by atoms with Crippen LogP contribution in [-0.2, 0) is 9.53 Å². The number of esters is 1. The number of nitrogens with one attached hydrogen (secondary N) is 1. The molecule has 0 amide bonds. The minimum atomic E-state index is -0.0912. The van der Waals surface area contributed by atoms with Gasteiger partial charge in [-0.15, -0.1) is 0 Å². The number of ether oxygens (including phenoxy) is 1. The molecule has 0 spiro atoms. The van der Waals surface area contributed by atoms with Crippen molar-refractivity contribution in [2.45, 2.75) is 32.6 Å². The number of likely N-dealkylation sites (tertiary alicyclic amines) is 1. The third-order valence-electron chi connectivity index (χ3n) is 5.05. The molecule has 1 atom stereocenters. The van der Waals surface area contributed by atoms with E-state index < -0.39 is 0 Å². The fourth-order valence-corrected chi connectivity index (χ4v) is 3.47. The van der Waals surface area contributed by atoms with Crippen LogP contribution in [0.15, 0.2) is 35.3 Å². The Bertz CT molecular complexity index is 564. The molecule has 1 aromatic rings. The summed E-state index contributed by atoms with van der Waals surface area (Å²) < 4.78 is 4.86. The lowest BCUT2D eigenvalue weighted by Crippen LogP contribution is -2.47. The van der Waals surface area contributed by atoms with Gasteiger partial charge in [0.05, 0.1) is 13.0 Å². The molecule has 0 bridgehead atoms. The third kappa shape index (κ3) is 5.21. The van der Waals surface area contributed by atoms with Crippen LogP contribution in [0.4, 0.5) is 0 Å². The average molecular weight is 345 g/mol. The Kier molecular flexibility index (Phi) is 7.29. The van der Waals surface area contributed by atoms with E-state index in [1.807, 2.05) is 7.05 Å². The summed E-state index contributed by atoms with van der Waals surface area (Å²) >= 11 is 0. The Morgan fingerprint density at radius 1 is 1.28 bits per heavy atom. The van der Waals surface area contributed by atoms with Gasteiger partial charge in [0.15, 0.2) is 5.96 Å². The monoisotopic (exact) mass is 345 g/mol. The first kappa shape index (κ1) is 19.3. The number of hydrogen-bond donors (Lipinski definition) is 1. The van der Waals surface area contributed by atoms with E-state index in [9.17, 15) is 4.79 Å². The second-order valence-electron chi connectivity index (χ2n) is 6.97. The van der Waals surface area contributed by atoms with Gasteiger partial charge in [0.2, 0.25) is 0 Å². The van der Waals surface area contributed by atoms with Crippen LogP contribution in [0.5, 0.6) is 0 Å². The van der Waals surface area contributed by atoms with E-state index in [0.717, 1.165) is 38.4 Å². The summed E-state index contributed by atoms with van der Waals surface area (Å²) in [5.41, 5.74) is 1.35. The number of piperidine rings is 1. The molecule has 5 heteroatoms. The summed E-state index contributed by atoms with van der Waals surface area (Å²) in [6.07, 6.45) is 1.64.